The molecule has 0 amide bonds. The summed E-state index contributed by atoms with van der Waals surface area (Å²) in [6.45, 7) is 85.7. The average Bonchev–Trinajstić information content (AvgIpc) is 1.54. The highest BCUT2D eigenvalue weighted by Crippen LogP contribution is 2.52. The second-order valence-corrected chi connectivity index (χ2v) is 46.4. The molecule has 12 aromatic rings. The molecule has 578 valence electrons. The van der Waals surface area contributed by atoms with Crippen molar-refractivity contribution in [3.05, 3.63) is 206 Å². The molecule has 14 rings (SSSR count). The molecule has 3 aromatic heterocycles. The topological polar surface area (TPSA) is 35.6 Å². The van der Waals surface area contributed by atoms with E-state index in [9.17, 15) is 0 Å². The number of aromatic nitrogens is 4. The largest absolute Gasteiger partial charge is 0.310 e. The molecule has 0 unspecified atom stereocenters. The van der Waals surface area contributed by atoms with Gasteiger partial charge in [-0.05, 0) is 225 Å². The third kappa shape index (κ3) is 13.9. The molecule has 4 nitrogen and oxygen atoms in total. The molecule has 5 heterocycles. The minimum atomic E-state index is -0.252. The predicted octanol–water partition coefficient (Wildman–Crippen LogP) is 27.7. The molecule has 2 aliphatic rings. The average molecular weight is 1470 g/mol. The van der Waals surface area contributed by atoms with Gasteiger partial charge in [0.1, 0.15) is 0 Å². The smallest absolute Gasteiger partial charge is 0.252 e. The lowest BCUT2D eigenvalue weighted by molar-refractivity contribution is 0.568. The van der Waals surface area contributed by atoms with Crippen molar-refractivity contribution in [3.63, 3.8) is 0 Å². The zero-order chi connectivity index (χ0) is 81.6. The van der Waals surface area contributed by atoms with E-state index in [-0.39, 0.29) is 71.7 Å². The Balaban J connectivity index is 1.26. The fourth-order valence-electron chi connectivity index (χ4n) is 17.4. The normalized spacial score (nSPS) is 14.3. The van der Waals surface area contributed by atoms with Gasteiger partial charge in [0, 0.05) is 49.6 Å². The lowest BCUT2D eigenvalue weighted by atomic mass is 9.34. The highest BCUT2D eigenvalue weighted by molar-refractivity contribution is 7.00. The Morgan fingerprint density at radius 2 is 0.486 bits per heavy atom. The van der Waals surface area contributed by atoms with Crippen molar-refractivity contribution in [3.8, 4) is 67.5 Å². The van der Waals surface area contributed by atoms with Gasteiger partial charge < -0.3 is 9.13 Å². The van der Waals surface area contributed by atoms with Crippen LogP contribution in [0.4, 0.5) is 0 Å². The Bertz CT molecular complexity index is 5380. The maximum absolute atomic E-state index is 6.11. The number of hydrogen-bond acceptors (Lipinski definition) is 2. The van der Waals surface area contributed by atoms with Gasteiger partial charge in [-0.1, -0.05) is 334 Å². The zero-order valence-electron chi connectivity index (χ0n) is 75.1. The van der Waals surface area contributed by atoms with Crippen LogP contribution < -0.4 is 16.4 Å². The van der Waals surface area contributed by atoms with Crippen molar-refractivity contribution >= 4 is 66.7 Å². The van der Waals surface area contributed by atoms with Crippen LogP contribution in [-0.2, 0) is 65.0 Å². The quantitative estimate of drug-likeness (QED) is 0.161. The summed E-state index contributed by atoms with van der Waals surface area (Å²) in [5.41, 5.74) is 35.5. The molecule has 0 N–H and O–H groups in total. The summed E-state index contributed by atoms with van der Waals surface area (Å²) in [5.74, 6) is 0.702. The Morgan fingerprint density at radius 1 is 0.234 bits per heavy atom. The first kappa shape index (κ1) is 79.4. The SMILES string of the molecule is CC(C)(C)c1cc(-c2cc(-c3cc(C(C)(C)C)cc(C(C)(C)C)c3)nc(-c3cc4c5c(c3)-n3c6cc(C(C)(C)C)cc(C(C)(C)C)c6c6c(-c7cc(C(C)(C)C)cc(C(C)(C)C)c7)ccc(c63)B5c3ccc(-c5cc(C(C)(C)C)cc(C(C)(C)C)c5)c5c6c(C(C)(C)C)cc(C(C)(C)C)cc6n-4c35)n2)cc(C(C)(C)C)c1. The van der Waals surface area contributed by atoms with E-state index in [4.69, 9.17) is 9.97 Å². The summed E-state index contributed by atoms with van der Waals surface area (Å²) in [5, 5.41) is 5.28. The summed E-state index contributed by atoms with van der Waals surface area (Å²) in [6, 6.07) is 57.7. The minimum Gasteiger partial charge on any atom is -0.310 e. The summed E-state index contributed by atoms with van der Waals surface area (Å²) in [7, 11) is 0. The van der Waals surface area contributed by atoms with Crippen LogP contribution in [0.15, 0.2) is 140 Å². The highest BCUT2D eigenvalue weighted by Gasteiger charge is 2.45. The van der Waals surface area contributed by atoms with Crippen molar-refractivity contribution in [2.24, 2.45) is 0 Å². The van der Waals surface area contributed by atoms with E-state index < -0.39 is 0 Å². The van der Waals surface area contributed by atoms with Crippen LogP contribution in [0.5, 0.6) is 0 Å². The molecule has 0 saturated heterocycles. The number of fused-ring (bicyclic) bond motifs is 10. The van der Waals surface area contributed by atoms with Crippen LogP contribution in [0.25, 0.3) is 111 Å². The van der Waals surface area contributed by atoms with E-state index in [0.29, 0.717) is 5.82 Å². The van der Waals surface area contributed by atoms with Gasteiger partial charge in [0.25, 0.3) is 6.71 Å². The molecule has 0 spiro atoms. The summed E-state index contributed by atoms with van der Waals surface area (Å²) in [6.07, 6.45) is 0. The summed E-state index contributed by atoms with van der Waals surface area (Å²) < 4.78 is 5.55. The lowest BCUT2D eigenvalue weighted by Gasteiger charge is -2.35. The first-order valence-corrected chi connectivity index (χ1v) is 41.6. The lowest BCUT2D eigenvalue weighted by Crippen LogP contribution is -2.59. The van der Waals surface area contributed by atoms with Crippen LogP contribution in [0, 0.1) is 0 Å². The van der Waals surface area contributed by atoms with Crippen molar-refractivity contribution < 1.29 is 0 Å². The third-order valence-corrected chi connectivity index (χ3v) is 24.8. The Kier molecular flexibility index (Phi) is 18.0. The second kappa shape index (κ2) is 25.1. The number of hydrogen-bond donors (Lipinski definition) is 0. The molecule has 0 atom stereocenters. The fourth-order valence-corrected chi connectivity index (χ4v) is 17.4. The zero-order valence-corrected chi connectivity index (χ0v) is 75.1. The third-order valence-electron chi connectivity index (χ3n) is 24.8. The van der Waals surface area contributed by atoms with E-state index in [1.807, 2.05) is 0 Å². The molecular formula is C106H131BN4. The van der Waals surface area contributed by atoms with E-state index in [0.717, 1.165) is 28.1 Å². The molecule has 5 heteroatoms. The van der Waals surface area contributed by atoms with Gasteiger partial charge in [-0.15, -0.1) is 0 Å². The molecule has 111 heavy (non-hydrogen) atoms. The maximum atomic E-state index is 6.11. The van der Waals surface area contributed by atoms with Gasteiger partial charge in [0.05, 0.1) is 33.5 Å². The Hall–Kier alpha value is -8.28. The summed E-state index contributed by atoms with van der Waals surface area (Å²) >= 11 is 0. The monoisotopic (exact) mass is 1470 g/mol. The van der Waals surface area contributed by atoms with Gasteiger partial charge in [-0.25, -0.2) is 9.97 Å². The number of rotatable bonds is 5. The van der Waals surface area contributed by atoms with E-state index >= 15 is 0 Å². The number of nitrogens with zero attached hydrogens (tertiary/aromatic N) is 4. The van der Waals surface area contributed by atoms with Crippen LogP contribution in [0.3, 0.4) is 0 Å². The van der Waals surface area contributed by atoms with Gasteiger partial charge in [-0.2, -0.15) is 0 Å². The van der Waals surface area contributed by atoms with Crippen LogP contribution >= 0.6 is 0 Å². The van der Waals surface area contributed by atoms with Crippen molar-refractivity contribution in [1.82, 2.24) is 19.1 Å². The molecular weight excluding hydrogens is 1340 g/mol. The Labute approximate surface area is 669 Å². The Morgan fingerprint density at radius 3 is 0.739 bits per heavy atom. The molecule has 2 aliphatic heterocycles. The molecule has 0 saturated carbocycles. The van der Waals surface area contributed by atoms with Crippen molar-refractivity contribution in [2.75, 3.05) is 0 Å². The van der Waals surface area contributed by atoms with Gasteiger partial charge in [0.15, 0.2) is 5.82 Å². The summed E-state index contributed by atoms with van der Waals surface area (Å²) in [4.78, 5) is 12.2. The van der Waals surface area contributed by atoms with E-state index in [1.165, 1.54) is 160 Å². The van der Waals surface area contributed by atoms with Crippen LogP contribution in [0.1, 0.15) is 316 Å². The van der Waals surface area contributed by atoms with Crippen molar-refractivity contribution in [2.45, 2.75) is 314 Å². The van der Waals surface area contributed by atoms with Crippen LogP contribution in [-0.4, -0.2) is 25.8 Å². The standard InChI is InChI=1S/C106H131BN4/c1-95(2,3)65-41-60(42-66(51-65)96(4,5)6)75-37-39-79-92-87(75)89-77(105(31,32)33)55-73(103(25,26)27)57-83(89)110(92)85-49-64(94-108-81(62-45-69(99(13,14)15)53-70(46-62)100(16,17)18)59-82(109-94)63-47-71(101(19,20)21)54-72(48-63)102(22,23)24)50-86-91(85)107(79)80-40-38-76(61-43-67(97(7,8)9)52-68(44-61)98(10,11)12)88-90-78(106(34,35)36)56-74(104(28,29)30)58-84(90)111(86)93(80)88/h37-59H,1-36H3. The second-order valence-electron chi connectivity index (χ2n) is 46.4. The highest BCUT2D eigenvalue weighted by atomic mass is 15.0. The first-order valence-electron chi connectivity index (χ1n) is 41.6. The maximum Gasteiger partial charge on any atom is 0.252 e. The van der Waals surface area contributed by atoms with E-state index in [1.54, 1.807) is 0 Å². The van der Waals surface area contributed by atoms with Gasteiger partial charge >= 0.3 is 0 Å². The van der Waals surface area contributed by atoms with Gasteiger partial charge in [0.2, 0.25) is 0 Å². The first-order chi connectivity index (χ1) is 50.6. The van der Waals surface area contributed by atoms with Crippen LogP contribution in [0.2, 0.25) is 0 Å². The van der Waals surface area contributed by atoms with E-state index in [2.05, 4.69) is 398 Å². The minimum absolute atomic E-state index is 0.104. The molecule has 0 aliphatic carbocycles. The van der Waals surface area contributed by atoms with Gasteiger partial charge in [-0.3, -0.25) is 0 Å². The molecule has 9 aromatic carbocycles. The number of benzene rings is 9. The molecule has 0 radical (unpaired) electrons. The molecule has 0 bridgehead atoms. The predicted molar refractivity (Wildman–Crippen MR) is 487 cm³/mol. The molecule has 0 fully saturated rings. The van der Waals surface area contributed by atoms with Crippen molar-refractivity contribution in [1.29, 1.82) is 0 Å². The fraction of sp³-hybridized carbons (Fsp3) is 0.453.